The van der Waals surface area contributed by atoms with Crippen molar-refractivity contribution < 1.29 is 19.1 Å². The monoisotopic (exact) mass is 382 g/mol. The lowest BCUT2D eigenvalue weighted by Crippen LogP contribution is -2.21. The lowest BCUT2D eigenvalue weighted by Gasteiger charge is -2.10. The second-order valence-corrected chi connectivity index (χ2v) is 6.62. The van der Waals surface area contributed by atoms with Crippen LogP contribution in [0.1, 0.15) is 10.4 Å². The van der Waals surface area contributed by atoms with Gasteiger partial charge >= 0.3 is 0 Å². The van der Waals surface area contributed by atoms with Gasteiger partial charge in [-0.25, -0.2) is 0 Å². The summed E-state index contributed by atoms with van der Waals surface area (Å²) in [4.78, 5) is 24.9. The minimum absolute atomic E-state index is 0.225. The molecular weight excluding hydrogens is 364 g/mol. The van der Waals surface area contributed by atoms with Crippen LogP contribution in [0.25, 0.3) is 10.4 Å². The van der Waals surface area contributed by atoms with Gasteiger partial charge in [0.25, 0.3) is 11.8 Å². The molecule has 138 valence electrons. The SMILES string of the molecule is COc1ccccc1OCC(=O)Nc1sc(-c2ccccc2)cc1C(N)=O. The molecule has 0 spiro atoms. The van der Waals surface area contributed by atoms with Gasteiger partial charge in [0.1, 0.15) is 5.00 Å². The first-order valence-electron chi connectivity index (χ1n) is 8.13. The number of nitrogens with two attached hydrogens (primary N) is 1. The Balaban J connectivity index is 1.73. The molecule has 0 aliphatic carbocycles. The van der Waals surface area contributed by atoms with Gasteiger partial charge in [-0.2, -0.15) is 0 Å². The highest BCUT2D eigenvalue weighted by atomic mass is 32.1. The van der Waals surface area contributed by atoms with Gasteiger partial charge in [-0.05, 0) is 23.8 Å². The average molecular weight is 382 g/mol. The molecule has 3 N–H and O–H groups in total. The molecule has 0 bridgehead atoms. The van der Waals surface area contributed by atoms with Crippen molar-refractivity contribution in [2.24, 2.45) is 5.73 Å². The Morgan fingerprint density at radius 3 is 2.37 bits per heavy atom. The third kappa shape index (κ3) is 4.45. The van der Waals surface area contributed by atoms with Crippen molar-refractivity contribution in [3.8, 4) is 21.9 Å². The fourth-order valence-corrected chi connectivity index (χ4v) is 3.54. The highest BCUT2D eigenvalue weighted by Gasteiger charge is 2.17. The van der Waals surface area contributed by atoms with Crippen molar-refractivity contribution in [1.82, 2.24) is 0 Å². The molecule has 2 aromatic carbocycles. The summed E-state index contributed by atoms with van der Waals surface area (Å²) in [6, 6.07) is 18.3. The zero-order valence-electron chi connectivity index (χ0n) is 14.6. The van der Waals surface area contributed by atoms with Crippen molar-refractivity contribution in [2.45, 2.75) is 0 Å². The number of ether oxygens (including phenoxy) is 2. The molecular formula is C20H18N2O4S. The van der Waals surface area contributed by atoms with Crippen molar-refractivity contribution in [2.75, 3.05) is 19.0 Å². The maximum absolute atomic E-state index is 12.3. The molecule has 0 fully saturated rings. The van der Waals surface area contributed by atoms with Gasteiger partial charge in [0.15, 0.2) is 18.1 Å². The van der Waals surface area contributed by atoms with E-state index in [1.165, 1.54) is 18.4 Å². The number of para-hydroxylation sites is 2. The second-order valence-electron chi connectivity index (χ2n) is 5.57. The van der Waals surface area contributed by atoms with Crippen LogP contribution in [0.4, 0.5) is 5.00 Å². The summed E-state index contributed by atoms with van der Waals surface area (Å²) >= 11 is 1.29. The molecule has 6 nitrogen and oxygen atoms in total. The van der Waals surface area contributed by atoms with Crippen molar-refractivity contribution >= 4 is 28.2 Å². The zero-order valence-corrected chi connectivity index (χ0v) is 15.4. The summed E-state index contributed by atoms with van der Waals surface area (Å²) in [5, 5.41) is 3.10. The van der Waals surface area contributed by atoms with Crippen LogP contribution in [0.3, 0.4) is 0 Å². The number of hydrogen-bond acceptors (Lipinski definition) is 5. The van der Waals surface area contributed by atoms with Crippen molar-refractivity contribution in [1.29, 1.82) is 0 Å². The molecule has 0 saturated heterocycles. The lowest BCUT2D eigenvalue weighted by atomic mass is 10.1. The third-order valence-electron chi connectivity index (χ3n) is 3.74. The first-order valence-corrected chi connectivity index (χ1v) is 8.95. The van der Waals surface area contributed by atoms with E-state index in [2.05, 4.69) is 5.32 Å². The van der Waals surface area contributed by atoms with Crippen LogP contribution in [-0.2, 0) is 4.79 Å². The molecule has 1 aromatic heterocycles. The summed E-state index contributed by atoms with van der Waals surface area (Å²) in [6.07, 6.45) is 0. The average Bonchev–Trinajstić information content (AvgIpc) is 3.11. The zero-order chi connectivity index (χ0) is 19.2. The molecule has 27 heavy (non-hydrogen) atoms. The van der Waals surface area contributed by atoms with Gasteiger partial charge in [-0.1, -0.05) is 42.5 Å². The van der Waals surface area contributed by atoms with E-state index in [1.54, 1.807) is 24.3 Å². The number of primary amides is 1. The minimum atomic E-state index is -0.602. The molecule has 3 rings (SSSR count). The van der Waals surface area contributed by atoms with E-state index < -0.39 is 11.8 Å². The van der Waals surface area contributed by atoms with Gasteiger partial charge in [0.2, 0.25) is 0 Å². The fraction of sp³-hybridized carbons (Fsp3) is 0.100. The van der Waals surface area contributed by atoms with Crippen LogP contribution < -0.4 is 20.5 Å². The molecule has 0 atom stereocenters. The summed E-state index contributed by atoms with van der Waals surface area (Å²) < 4.78 is 10.7. The first kappa shape index (κ1) is 18.5. The molecule has 0 aliphatic rings. The second kappa shape index (κ2) is 8.37. The van der Waals surface area contributed by atoms with E-state index in [9.17, 15) is 9.59 Å². The predicted octanol–water partition coefficient (Wildman–Crippen LogP) is 3.54. The van der Waals surface area contributed by atoms with Crippen LogP contribution in [0.2, 0.25) is 0 Å². The number of amides is 2. The van der Waals surface area contributed by atoms with Crippen LogP contribution >= 0.6 is 11.3 Å². The van der Waals surface area contributed by atoms with E-state index in [4.69, 9.17) is 15.2 Å². The number of anilines is 1. The Morgan fingerprint density at radius 2 is 1.70 bits per heavy atom. The summed E-state index contributed by atoms with van der Waals surface area (Å²) in [5.74, 6) is -0.00807. The Hall–Kier alpha value is -3.32. The largest absolute Gasteiger partial charge is 0.493 e. The maximum Gasteiger partial charge on any atom is 0.262 e. The predicted molar refractivity (Wildman–Crippen MR) is 105 cm³/mol. The summed E-state index contributed by atoms with van der Waals surface area (Å²) in [5.41, 5.74) is 6.66. The molecule has 7 heteroatoms. The lowest BCUT2D eigenvalue weighted by molar-refractivity contribution is -0.118. The number of nitrogens with one attached hydrogen (secondary N) is 1. The molecule has 2 amide bonds. The van der Waals surface area contributed by atoms with Gasteiger partial charge in [0, 0.05) is 4.88 Å². The summed E-state index contributed by atoms with van der Waals surface area (Å²) in [7, 11) is 1.53. The molecule has 1 heterocycles. The molecule has 0 aliphatic heterocycles. The van der Waals surface area contributed by atoms with Gasteiger partial charge in [0.05, 0.1) is 12.7 Å². The van der Waals surface area contributed by atoms with E-state index in [0.29, 0.717) is 16.5 Å². The van der Waals surface area contributed by atoms with E-state index in [1.807, 2.05) is 36.4 Å². The van der Waals surface area contributed by atoms with Crippen molar-refractivity contribution in [3.05, 3.63) is 66.2 Å². The third-order valence-corrected chi connectivity index (χ3v) is 4.84. The number of carbonyl (C=O) groups excluding carboxylic acids is 2. The minimum Gasteiger partial charge on any atom is -0.493 e. The van der Waals surface area contributed by atoms with Crippen LogP contribution in [0, 0.1) is 0 Å². The van der Waals surface area contributed by atoms with Crippen LogP contribution in [-0.4, -0.2) is 25.5 Å². The number of benzene rings is 2. The topological polar surface area (TPSA) is 90.7 Å². The normalized spacial score (nSPS) is 10.3. The standard InChI is InChI=1S/C20H18N2O4S/c1-25-15-9-5-6-10-16(15)26-12-18(23)22-20-14(19(21)24)11-17(27-20)13-7-3-2-4-8-13/h2-11H,12H2,1H3,(H2,21,24)(H,22,23). The number of carbonyl (C=O) groups is 2. The smallest absolute Gasteiger partial charge is 0.262 e. The Labute approximate surface area is 160 Å². The number of methoxy groups -OCH3 is 1. The number of rotatable bonds is 7. The highest BCUT2D eigenvalue weighted by molar-refractivity contribution is 7.20. The molecule has 0 radical (unpaired) electrons. The molecule has 0 saturated carbocycles. The Morgan fingerprint density at radius 1 is 1.04 bits per heavy atom. The first-order chi connectivity index (χ1) is 13.1. The Kier molecular flexibility index (Phi) is 5.73. The fourth-order valence-electron chi connectivity index (χ4n) is 2.46. The van der Waals surface area contributed by atoms with Crippen LogP contribution in [0.15, 0.2) is 60.7 Å². The van der Waals surface area contributed by atoms with E-state index in [0.717, 1.165) is 10.4 Å². The van der Waals surface area contributed by atoms with E-state index >= 15 is 0 Å². The summed E-state index contributed by atoms with van der Waals surface area (Å²) in [6.45, 7) is -0.225. The number of hydrogen-bond donors (Lipinski definition) is 2. The van der Waals surface area contributed by atoms with E-state index in [-0.39, 0.29) is 12.2 Å². The van der Waals surface area contributed by atoms with Gasteiger partial charge in [-0.15, -0.1) is 11.3 Å². The van der Waals surface area contributed by atoms with Gasteiger partial charge < -0.3 is 20.5 Å². The van der Waals surface area contributed by atoms with Crippen LogP contribution in [0.5, 0.6) is 11.5 Å². The highest BCUT2D eigenvalue weighted by Crippen LogP contribution is 2.35. The maximum atomic E-state index is 12.3. The van der Waals surface area contributed by atoms with Gasteiger partial charge in [-0.3, -0.25) is 9.59 Å². The molecule has 3 aromatic rings. The number of thiophene rings is 1. The quantitative estimate of drug-likeness (QED) is 0.654. The van der Waals surface area contributed by atoms with Crippen molar-refractivity contribution in [3.63, 3.8) is 0 Å². The Bertz CT molecular complexity index is 954. The molecule has 0 unspecified atom stereocenters.